The number of nitrogens with zero attached hydrogens (tertiary/aromatic N) is 3. The van der Waals surface area contributed by atoms with Gasteiger partial charge in [0.1, 0.15) is 6.54 Å². The van der Waals surface area contributed by atoms with Crippen LogP contribution in [-0.4, -0.2) is 38.9 Å². The number of carbonyl (C=O) groups excluding carboxylic acids is 2. The number of amides is 2. The monoisotopic (exact) mass is 466 g/mol. The SMILES string of the molecule is O=C(Cn1c(=O)ccn(Cc2ccccc2)c1=O)Nc1cc(Cl)ccc1C(=O)N1CCCC1. The molecule has 1 saturated heterocycles. The minimum absolute atomic E-state index is 0.193. The zero-order valence-electron chi connectivity index (χ0n) is 17.9. The Labute approximate surface area is 195 Å². The van der Waals surface area contributed by atoms with Crippen molar-refractivity contribution in [2.24, 2.45) is 0 Å². The zero-order valence-corrected chi connectivity index (χ0v) is 18.6. The first-order chi connectivity index (χ1) is 15.9. The molecule has 2 aromatic carbocycles. The van der Waals surface area contributed by atoms with Gasteiger partial charge < -0.3 is 10.2 Å². The minimum Gasteiger partial charge on any atom is -0.339 e. The van der Waals surface area contributed by atoms with Gasteiger partial charge in [0.2, 0.25) is 5.91 Å². The summed E-state index contributed by atoms with van der Waals surface area (Å²) in [4.78, 5) is 52.5. The molecule has 1 aromatic heterocycles. The molecule has 0 unspecified atom stereocenters. The first-order valence-electron chi connectivity index (χ1n) is 10.7. The van der Waals surface area contributed by atoms with E-state index in [0.717, 1.165) is 23.0 Å². The van der Waals surface area contributed by atoms with E-state index in [0.29, 0.717) is 23.7 Å². The molecule has 0 saturated carbocycles. The van der Waals surface area contributed by atoms with E-state index in [1.165, 1.54) is 22.9 Å². The Morgan fingerprint density at radius 3 is 2.42 bits per heavy atom. The van der Waals surface area contributed by atoms with Crippen LogP contribution in [0.1, 0.15) is 28.8 Å². The largest absolute Gasteiger partial charge is 0.339 e. The predicted octanol–water partition coefficient (Wildman–Crippen LogP) is 2.59. The molecule has 0 radical (unpaired) electrons. The van der Waals surface area contributed by atoms with Gasteiger partial charge in [-0.25, -0.2) is 4.79 Å². The molecule has 0 spiro atoms. The van der Waals surface area contributed by atoms with Crippen LogP contribution in [0.5, 0.6) is 0 Å². The molecule has 1 aliphatic heterocycles. The first kappa shape index (κ1) is 22.5. The lowest BCUT2D eigenvalue weighted by atomic mass is 10.1. The zero-order chi connectivity index (χ0) is 23.4. The number of halogens is 1. The number of hydrogen-bond donors (Lipinski definition) is 1. The van der Waals surface area contributed by atoms with Gasteiger partial charge >= 0.3 is 5.69 Å². The number of likely N-dealkylation sites (tertiary alicyclic amines) is 1. The predicted molar refractivity (Wildman–Crippen MR) is 126 cm³/mol. The van der Waals surface area contributed by atoms with Crippen LogP contribution < -0.4 is 16.6 Å². The van der Waals surface area contributed by atoms with Gasteiger partial charge in [0, 0.05) is 30.4 Å². The number of nitrogens with one attached hydrogen (secondary N) is 1. The molecule has 3 aromatic rings. The van der Waals surface area contributed by atoms with E-state index in [2.05, 4.69) is 5.32 Å². The fourth-order valence-corrected chi connectivity index (χ4v) is 4.01. The second-order valence-electron chi connectivity index (χ2n) is 7.87. The topological polar surface area (TPSA) is 93.4 Å². The van der Waals surface area contributed by atoms with Gasteiger partial charge in [0.05, 0.1) is 17.8 Å². The Hall–Kier alpha value is -3.65. The van der Waals surface area contributed by atoms with Gasteiger partial charge in [-0.3, -0.25) is 23.5 Å². The molecule has 170 valence electrons. The van der Waals surface area contributed by atoms with Crippen molar-refractivity contribution in [3.05, 3.63) is 97.8 Å². The maximum absolute atomic E-state index is 12.9. The second-order valence-corrected chi connectivity index (χ2v) is 8.31. The maximum Gasteiger partial charge on any atom is 0.331 e. The highest BCUT2D eigenvalue weighted by atomic mass is 35.5. The van der Waals surface area contributed by atoms with Gasteiger partial charge in [0.25, 0.3) is 11.5 Å². The van der Waals surface area contributed by atoms with Crippen LogP contribution in [0.3, 0.4) is 0 Å². The van der Waals surface area contributed by atoms with Gasteiger partial charge in [-0.15, -0.1) is 0 Å². The fourth-order valence-electron chi connectivity index (χ4n) is 3.83. The number of carbonyl (C=O) groups is 2. The van der Waals surface area contributed by atoms with E-state index in [4.69, 9.17) is 11.6 Å². The summed E-state index contributed by atoms with van der Waals surface area (Å²) in [6.45, 7) is 1.10. The Morgan fingerprint density at radius 2 is 1.70 bits per heavy atom. The Bertz CT molecular complexity index is 1290. The van der Waals surface area contributed by atoms with Crippen LogP contribution in [0.15, 0.2) is 70.4 Å². The Kier molecular flexibility index (Phi) is 6.74. The number of hydrogen-bond acceptors (Lipinski definition) is 4. The molecule has 2 heterocycles. The highest BCUT2D eigenvalue weighted by molar-refractivity contribution is 6.31. The van der Waals surface area contributed by atoms with Crippen molar-refractivity contribution >= 4 is 29.1 Å². The number of anilines is 1. The summed E-state index contributed by atoms with van der Waals surface area (Å²) in [5, 5.41) is 3.00. The van der Waals surface area contributed by atoms with Crippen molar-refractivity contribution < 1.29 is 9.59 Å². The lowest BCUT2D eigenvalue weighted by molar-refractivity contribution is -0.116. The second kappa shape index (κ2) is 9.87. The molecule has 4 rings (SSSR count). The van der Waals surface area contributed by atoms with Crippen molar-refractivity contribution in [2.75, 3.05) is 18.4 Å². The lowest BCUT2D eigenvalue weighted by Gasteiger charge is -2.18. The van der Waals surface area contributed by atoms with Crippen LogP contribution in [0.4, 0.5) is 5.69 Å². The van der Waals surface area contributed by atoms with Crippen LogP contribution in [0, 0.1) is 0 Å². The van der Waals surface area contributed by atoms with E-state index in [1.54, 1.807) is 17.0 Å². The standard InChI is InChI=1S/C24H23ClN4O4/c25-18-8-9-19(23(32)27-11-4-5-12-27)20(14-18)26-21(30)16-29-22(31)10-13-28(24(29)33)15-17-6-2-1-3-7-17/h1-3,6-10,13-14H,4-5,11-12,15-16H2,(H,26,30). The first-order valence-corrected chi connectivity index (χ1v) is 11.0. The third kappa shape index (κ3) is 5.23. The molecule has 9 heteroatoms. The molecule has 8 nitrogen and oxygen atoms in total. The van der Waals surface area contributed by atoms with Gasteiger partial charge in [-0.05, 0) is 36.6 Å². The van der Waals surface area contributed by atoms with Gasteiger partial charge in [0.15, 0.2) is 0 Å². The van der Waals surface area contributed by atoms with Gasteiger partial charge in [-0.2, -0.15) is 0 Å². The van der Waals surface area contributed by atoms with Crippen LogP contribution in [-0.2, 0) is 17.9 Å². The molecule has 0 atom stereocenters. The quantitative estimate of drug-likeness (QED) is 0.604. The van der Waals surface area contributed by atoms with E-state index in [1.807, 2.05) is 30.3 Å². The molecule has 0 aliphatic carbocycles. The highest BCUT2D eigenvalue weighted by Crippen LogP contribution is 2.24. The van der Waals surface area contributed by atoms with Crippen molar-refractivity contribution in [1.82, 2.24) is 14.0 Å². The van der Waals surface area contributed by atoms with E-state index >= 15 is 0 Å². The lowest BCUT2D eigenvalue weighted by Crippen LogP contribution is -2.42. The molecule has 2 amide bonds. The summed E-state index contributed by atoms with van der Waals surface area (Å²) in [7, 11) is 0. The minimum atomic E-state index is -0.607. The van der Waals surface area contributed by atoms with Crippen molar-refractivity contribution in [1.29, 1.82) is 0 Å². The number of benzene rings is 2. The summed E-state index contributed by atoms with van der Waals surface area (Å²) in [6, 6.07) is 15.2. The number of rotatable bonds is 6. The van der Waals surface area contributed by atoms with Crippen molar-refractivity contribution in [3.63, 3.8) is 0 Å². The fraction of sp³-hybridized carbons (Fsp3) is 0.250. The summed E-state index contributed by atoms with van der Waals surface area (Å²) < 4.78 is 2.23. The smallest absolute Gasteiger partial charge is 0.331 e. The third-order valence-electron chi connectivity index (χ3n) is 5.52. The van der Waals surface area contributed by atoms with Crippen LogP contribution in [0.2, 0.25) is 5.02 Å². The van der Waals surface area contributed by atoms with E-state index in [-0.39, 0.29) is 18.1 Å². The molecule has 1 aliphatic rings. The summed E-state index contributed by atoms with van der Waals surface area (Å²) in [5.41, 5.74) is 0.271. The van der Waals surface area contributed by atoms with E-state index < -0.39 is 23.7 Å². The Morgan fingerprint density at radius 1 is 0.970 bits per heavy atom. The maximum atomic E-state index is 12.9. The molecular weight excluding hydrogens is 444 g/mol. The normalized spacial score (nSPS) is 13.2. The molecule has 33 heavy (non-hydrogen) atoms. The molecule has 1 N–H and O–H groups in total. The summed E-state index contributed by atoms with van der Waals surface area (Å²) in [6.07, 6.45) is 3.29. The van der Waals surface area contributed by atoms with E-state index in [9.17, 15) is 19.2 Å². The van der Waals surface area contributed by atoms with Crippen LogP contribution in [0.25, 0.3) is 0 Å². The van der Waals surface area contributed by atoms with Crippen LogP contribution >= 0.6 is 11.6 Å². The Balaban J connectivity index is 1.55. The number of aromatic nitrogens is 2. The summed E-state index contributed by atoms with van der Waals surface area (Å²) >= 11 is 6.09. The molecular formula is C24H23ClN4O4. The molecule has 0 bridgehead atoms. The third-order valence-corrected chi connectivity index (χ3v) is 5.75. The highest BCUT2D eigenvalue weighted by Gasteiger charge is 2.23. The average molecular weight is 467 g/mol. The average Bonchev–Trinajstić information content (AvgIpc) is 3.34. The summed E-state index contributed by atoms with van der Waals surface area (Å²) in [5.74, 6) is -0.800. The van der Waals surface area contributed by atoms with Crippen molar-refractivity contribution in [3.8, 4) is 0 Å². The van der Waals surface area contributed by atoms with Gasteiger partial charge in [-0.1, -0.05) is 41.9 Å². The van der Waals surface area contributed by atoms with Crippen molar-refractivity contribution in [2.45, 2.75) is 25.9 Å². The molecule has 1 fully saturated rings.